The Morgan fingerprint density at radius 3 is 3.06 bits per heavy atom. The summed E-state index contributed by atoms with van der Waals surface area (Å²) in [7, 11) is 0. The van der Waals surface area contributed by atoms with Crippen LogP contribution >= 0.6 is 23.4 Å². The van der Waals surface area contributed by atoms with Gasteiger partial charge in [-0.1, -0.05) is 18.7 Å². The third-order valence-electron chi connectivity index (χ3n) is 2.29. The van der Waals surface area contributed by atoms with E-state index < -0.39 is 0 Å². The first-order valence-electron chi connectivity index (χ1n) is 5.11. The number of alkyl halides is 1. The van der Waals surface area contributed by atoms with Crippen LogP contribution in [0.25, 0.3) is 5.65 Å². The largest absolute Gasteiger partial charge is 0.283 e. The molecular formula is C10H13ClN4S. The average Bonchev–Trinajstić information content (AvgIpc) is 2.62. The van der Waals surface area contributed by atoms with E-state index in [1.54, 1.807) is 18.0 Å². The molecule has 0 fully saturated rings. The normalized spacial score (nSPS) is 13.2. The summed E-state index contributed by atoms with van der Waals surface area (Å²) >= 11 is 7.41. The van der Waals surface area contributed by atoms with Gasteiger partial charge >= 0.3 is 0 Å². The van der Waals surface area contributed by atoms with E-state index in [0.29, 0.717) is 11.1 Å². The fourth-order valence-electron chi connectivity index (χ4n) is 1.41. The number of hydrogen-bond donors (Lipinski definition) is 0. The Hall–Kier alpha value is -0.810. The molecule has 0 aliphatic carbocycles. The van der Waals surface area contributed by atoms with E-state index >= 15 is 0 Å². The Labute approximate surface area is 103 Å². The average molecular weight is 257 g/mol. The van der Waals surface area contributed by atoms with Gasteiger partial charge in [0.05, 0.1) is 0 Å². The second-order valence-corrected chi connectivity index (χ2v) is 5.38. The maximum atomic E-state index is 5.72. The molecule has 4 nitrogen and oxygen atoms in total. The van der Waals surface area contributed by atoms with Gasteiger partial charge < -0.3 is 0 Å². The molecule has 0 saturated heterocycles. The smallest absolute Gasteiger partial charge is 0.193 e. The number of aryl methyl sites for hydroxylation is 1. The van der Waals surface area contributed by atoms with Crippen LogP contribution in [0.3, 0.4) is 0 Å². The van der Waals surface area contributed by atoms with Gasteiger partial charge in [-0.2, -0.15) is 0 Å². The van der Waals surface area contributed by atoms with Gasteiger partial charge in [0.25, 0.3) is 0 Å². The Morgan fingerprint density at radius 2 is 2.31 bits per heavy atom. The highest BCUT2D eigenvalue weighted by molar-refractivity contribution is 8.00. The molecule has 0 aliphatic heterocycles. The number of nitrogens with zero attached hydrogens (tertiary/aromatic N) is 4. The summed E-state index contributed by atoms with van der Waals surface area (Å²) in [6, 6.07) is 0. The Kier molecular flexibility index (Phi) is 3.66. The lowest BCUT2D eigenvalue weighted by Gasteiger charge is -2.08. The quantitative estimate of drug-likeness (QED) is 0.623. The van der Waals surface area contributed by atoms with E-state index in [1.807, 2.05) is 17.5 Å². The molecule has 86 valence electrons. The lowest BCUT2D eigenvalue weighted by Crippen LogP contribution is -1.99. The Balaban J connectivity index is 2.30. The fraction of sp³-hybridized carbons (Fsp3) is 0.500. The van der Waals surface area contributed by atoms with Gasteiger partial charge in [0.1, 0.15) is 10.9 Å². The predicted molar refractivity (Wildman–Crippen MR) is 66.2 cm³/mol. The summed E-state index contributed by atoms with van der Waals surface area (Å²) in [5.41, 5.74) is 0.825. The van der Waals surface area contributed by atoms with Gasteiger partial charge in [0.2, 0.25) is 0 Å². The van der Waals surface area contributed by atoms with E-state index in [4.69, 9.17) is 11.6 Å². The minimum atomic E-state index is 0.438. The number of fused-ring (bicyclic) bond motifs is 1. The lowest BCUT2D eigenvalue weighted by atomic mass is 10.4. The van der Waals surface area contributed by atoms with Gasteiger partial charge in [0.15, 0.2) is 5.65 Å². The molecule has 16 heavy (non-hydrogen) atoms. The standard InChI is InChI=1S/C10H13ClN4S/c1-7(3-4-11)16-10-9-14-13-8(2)15(9)6-5-12-10/h5-7H,3-4H2,1-2H3. The number of aromatic nitrogens is 4. The fourth-order valence-corrected chi connectivity index (χ4v) is 2.85. The van der Waals surface area contributed by atoms with Crippen molar-refractivity contribution >= 4 is 29.0 Å². The van der Waals surface area contributed by atoms with Crippen molar-refractivity contribution in [2.24, 2.45) is 0 Å². The molecule has 2 heterocycles. The molecule has 0 radical (unpaired) electrons. The SMILES string of the molecule is Cc1nnc2c(SC(C)CCCl)nccn12. The Bertz CT molecular complexity index is 485. The maximum Gasteiger partial charge on any atom is 0.193 e. The summed E-state index contributed by atoms with van der Waals surface area (Å²) in [4.78, 5) is 4.34. The molecular weight excluding hydrogens is 244 g/mol. The van der Waals surface area contributed by atoms with Gasteiger partial charge in [-0.15, -0.1) is 21.8 Å². The van der Waals surface area contributed by atoms with Crippen LogP contribution < -0.4 is 0 Å². The van der Waals surface area contributed by atoms with Crippen molar-refractivity contribution in [1.82, 2.24) is 19.6 Å². The molecule has 0 spiro atoms. The van der Waals surface area contributed by atoms with Crippen LogP contribution in [0.15, 0.2) is 17.4 Å². The summed E-state index contributed by atoms with van der Waals surface area (Å²) in [5.74, 6) is 1.55. The van der Waals surface area contributed by atoms with Crippen molar-refractivity contribution in [2.75, 3.05) is 5.88 Å². The second kappa shape index (κ2) is 5.01. The van der Waals surface area contributed by atoms with Gasteiger partial charge in [-0.25, -0.2) is 4.98 Å². The van der Waals surface area contributed by atoms with Crippen molar-refractivity contribution in [3.8, 4) is 0 Å². The first-order chi connectivity index (χ1) is 7.72. The monoisotopic (exact) mass is 256 g/mol. The minimum Gasteiger partial charge on any atom is -0.283 e. The molecule has 0 aromatic carbocycles. The van der Waals surface area contributed by atoms with Crippen LogP contribution in [-0.2, 0) is 0 Å². The molecule has 0 amide bonds. The van der Waals surface area contributed by atoms with Crippen LogP contribution in [0.5, 0.6) is 0 Å². The van der Waals surface area contributed by atoms with Crippen molar-refractivity contribution in [3.63, 3.8) is 0 Å². The molecule has 2 aromatic heterocycles. The van der Waals surface area contributed by atoms with Gasteiger partial charge in [-0.3, -0.25) is 4.40 Å². The highest BCUT2D eigenvalue weighted by atomic mass is 35.5. The van der Waals surface area contributed by atoms with E-state index in [2.05, 4.69) is 22.1 Å². The molecule has 2 rings (SSSR count). The summed E-state index contributed by atoms with van der Waals surface area (Å²) in [5, 5.41) is 9.53. The predicted octanol–water partition coefficient (Wildman–Crippen LogP) is 2.54. The van der Waals surface area contributed by atoms with E-state index in [9.17, 15) is 0 Å². The third-order valence-corrected chi connectivity index (χ3v) is 3.66. The van der Waals surface area contributed by atoms with Crippen LogP contribution in [0.1, 0.15) is 19.2 Å². The first kappa shape index (κ1) is 11.7. The summed E-state index contributed by atoms with van der Waals surface area (Å²) in [6.45, 7) is 4.07. The van der Waals surface area contributed by atoms with Crippen molar-refractivity contribution < 1.29 is 0 Å². The van der Waals surface area contributed by atoms with Crippen molar-refractivity contribution in [1.29, 1.82) is 0 Å². The number of hydrogen-bond acceptors (Lipinski definition) is 4. The summed E-state index contributed by atoms with van der Waals surface area (Å²) < 4.78 is 1.95. The van der Waals surface area contributed by atoms with Crippen LogP contribution in [-0.4, -0.2) is 30.7 Å². The van der Waals surface area contributed by atoms with Crippen molar-refractivity contribution in [2.45, 2.75) is 30.5 Å². The molecule has 0 aliphatic rings. The zero-order valence-corrected chi connectivity index (χ0v) is 10.8. The topological polar surface area (TPSA) is 43.1 Å². The van der Waals surface area contributed by atoms with Gasteiger partial charge in [0, 0.05) is 23.5 Å². The molecule has 0 bridgehead atoms. The maximum absolute atomic E-state index is 5.72. The lowest BCUT2D eigenvalue weighted by molar-refractivity contribution is 0.904. The molecule has 1 atom stereocenters. The highest BCUT2D eigenvalue weighted by Crippen LogP contribution is 2.26. The zero-order valence-electron chi connectivity index (χ0n) is 9.22. The summed E-state index contributed by atoms with van der Waals surface area (Å²) in [6.07, 6.45) is 4.61. The number of rotatable bonds is 4. The van der Waals surface area contributed by atoms with E-state index in [0.717, 1.165) is 22.9 Å². The Morgan fingerprint density at radius 1 is 1.50 bits per heavy atom. The molecule has 2 aromatic rings. The van der Waals surface area contributed by atoms with Crippen molar-refractivity contribution in [3.05, 3.63) is 18.2 Å². The van der Waals surface area contributed by atoms with Gasteiger partial charge in [-0.05, 0) is 13.3 Å². The molecule has 1 unspecified atom stereocenters. The van der Waals surface area contributed by atoms with Crippen LogP contribution in [0.4, 0.5) is 0 Å². The van der Waals surface area contributed by atoms with E-state index in [-0.39, 0.29) is 0 Å². The second-order valence-electron chi connectivity index (χ2n) is 3.58. The first-order valence-corrected chi connectivity index (χ1v) is 6.52. The molecule has 0 saturated carbocycles. The zero-order chi connectivity index (χ0) is 11.5. The van der Waals surface area contributed by atoms with Crippen LogP contribution in [0, 0.1) is 6.92 Å². The number of halogens is 1. The number of thioether (sulfide) groups is 1. The highest BCUT2D eigenvalue weighted by Gasteiger charge is 2.11. The third kappa shape index (κ3) is 2.30. The molecule has 6 heteroatoms. The van der Waals surface area contributed by atoms with Crippen LogP contribution in [0.2, 0.25) is 0 Å². The minimum absolute atomic E-state index is 0.438. The molecule has 0 N–H and O–H groups in total. The van der Waals surface area contributed by atoms with E-state index in [1.165, 1.54) is 0 Å².